The first kappa shape index (κ1) is 36.4. The number of ether oxygens (including phenoxy) is 2. The van der Waals surface area contributed by atoms with E-state index >= 15 is 0 Å². The van der Waals surface area contributed by atoms with Crippen LogP contribution < -0.4 is 0 Å². The first-order valence-corrected chi connectivity index (χ1v) is 21.6. The van der Waals surface area contributed by atoms with E-state index in [9.17, 15) is 26.0 Å². The molecule has 14 heteroatoms. The van der Waals surface area contributed by atoms with Gasteiger partial charge in [-0.05, 0) is 70.6 Å². The quantitative estimate of drug-likeness (QED) is 0.0838. The molecule has 0 N–H and O–H groups in total. The number of hydrogen-bond donors (Lipinski definition) is 0. The summed E-state index contributed by atoms with van der Waals surface area (Å²) in [5.41, 5.74) is 0. The summed E-state index contributed by atoms with van der Waals surface area (Å²) in [5, 5.41) is 0. The van der Waals surface area contributed by atoms with Crippen LogP contribution in [0, 0.1) is 5.92 Å². The normalized spacial score (nSPS) is 24.4. The van der Waals surface area contributed by atoms with Crippen molar-refractivity contribution in [3.05, 3.63) is 0 Å². The van der Waals surface area contributed by atoms with Crippen LogP contribution in [0.25, 0.3) is 0 Å². The van der Waals surface area contributed by atoms with Gasteiger partial charge in [0.15, 0.2) is 11.9 Å². The van der Waals surface area contributed by atoms with Gasteiger partial charge in [0.25, 0.3) is 20.2 Å². The minimum absolute atomic E-state index is 0.284. The summed E-state index contributed by atoms with van der Waals surface area (Å²) in [6.07, 6.45) is 11.7. The maximum atomic E-state index is 12.7. The van der Waals surface area contributed by atoms with Crippen LogP contribution in [0.5, 0.6) is 0 Å². The molecule has 0 radical (unpaired) electrons. The molecule has 0 saturated heterocycles. The summed E-state index contributed by atoms with van der Waals surface area (Å²) in [6, 6.07) is 0. The molecule has 2 aliphatic rings. The zero-order valence-corrected chi connectivity index (χ0v) is 28.1. The third-order valence-corrected chi connectivity index (χ3v) is 13.9. The average Bonchev–Trinajstić information content (AvgIpc) is 2.92. The Morgan fingerprint density at radius 3 is 1.77 bits per heavy atom. The molecule has 0 aromatic heterocycles. The fourth-order valence-electron chi connectivity index (χ4n) is 5.29. The minimum atomic E-state index is -3.84. The van der Waals surface area contributed by atoms with Crippen LogP contribution in [-0.4, -0.2) is 64.9 Å². The Hall–Kier alpha value is 0.200. The highest BCUT2D eigenvalue weighted by Gasteiger charge is 2.27. The van der Waals surface area contributed by atoms with Crippen LogP contribution in [-0.2, 0) is 47.2 Å². The molecule has 0 bridgehead atoms. The van der Waals surface area contributed by atoms with Crippen LogP contribution in [0.15, 0.2) is 0 Å². The van der Waals surface area contributed by atoms with Gasteiger partial charge in [-0.25, -0.2) is 0 Å². The van der Waals surface area contributed by atoms with Crippen LogP contribution in [0.2, 0.25) is 0 Å². The number of rotatable bonds is 20. The molecule has 2 rings (SSSR count). The predicted octanol–water partition coefficient (Wildman–Crippen LogP) is 6.30. The Labute approximate surface area is 243 Å². The lowest BCUT2D eigenvalue weighted by molar-refractivity contribution is 0.111. The van der Waals surface area contributed by atoms with Gasteiger partial charge < -0.3 is 18.6 Å². The first-order chi connectivity index (χ1) is 18.9. The third-order valence-electron chi connectivity index (χ3n) is 7.89. The highest BCUT2D eigenvalue weighted by atomic mass is 32.2. The lowest BCUT2D eigenvalue weighted by atomic mass is 9.86. The van der Waals surface area contributed by atoms with Crippen molar-refractivity contribution in [2.75, 3.05) is 24.2 Å². The summed E-state index contributed by atoms with van der Waals surface area (Å²) in [4.78, 5) is 0. The fraction of sp³-hybridized carbons (Fsp3) is 1.00. The fourth-order valence-corrected chi connectivity index (χ4v) is 10.5. The molecule has 238 valence electrons. The summed E-state index contributed by atoms with van der Waals surface area (Å²) < 4.78 is 95.9. The monoisotopic (exact) mass is 650 g/mol. The van der Waals surface area contributed by atoms with Crippen molar-refractivity contribution >= 4 is 35.8 Å². The molecule has 2 saturated carbocycles. The van der Waals surface area contributed by atoms with Crippen LogP contribution in [0.1, 0.15) is 111 Å². The van der Waals surface area contributed by atoms with E-state index in [-0.39, 0.29) is 12.2 Å². The van der Waals surface area contributed by atoms with Crippen LogP contribution in [0.3, 0.4) is 0 Å². The van der Waals surface area contributed by atoms with Gasteiger partial charge in [-0.2, -0.15) is 16.8 Å². The maximum absolute atomic E-state index is 12.7. The van der Waals surface area contributed by atoms with Crippen molar-refractivity contribution in [2.24, 2.45) is 5.92 Å². The van der Waals surface area contributed by atoms with Gasteiger partial charge in [-0.1, -0.05) is 46.0 Å². The average molecular weight is 651 g/mol. The van der Waals surface area contributed by atoms with Gasteiger partial charge in [-0.3, -0.25) is 8.37 Å². The smallest absolute Gasteiger partial charge is 0.292 e. The summed E-state index contributed by atoms with van der Waals surface area (Å²) in [6.45, 7) is 5.58. The summed E-state index contributed by atoms with van der Waals surface area (Å²) in [5.74, 6) is -1.83. The van der Waals surface area contributed by atoms with Gasteiger partial charge in [0.05, 0.1) is 12.2 Å². The van der Waals surface area contributed by atoms with E-state index in [2.05, 4.69) is 6.92 Å². The van der Waals surface area contributed by atoms with E-state index in [1.165, 1.54) is 0 Å². The predicted molar refractivity (Wildman–Crippen MR) is 160 cm³/mol. The van der Waals surface area contributed by atoms with Gasteiger partial charge >= 0.3 is 0 Å². The maximum Gasteiger partial charge on any atom is 0.292 e. The van der Waals surface area contributed by atoms with Gasteiger partial charge in [0.2, 0.25) is 0 Å². The van der Waals surface area contributed by atoms with E-state index < -0.39 is 59.4 Å². The largest absolute Gasteiger partial charge is 0.353 e. The van der Waals surface area contributed by atoms with Gasteiger partial charge in [-0.15, -0.1) is 0 Å². The Morgan fingerprint density at radius 1 is 0.700 bits per heavy atom. The second-order valence-electron chi connectivity index (χ2n) is 11.2. The lowest BCUT2D eigenvalue weighted by Gasteiger charge is -2.27. The Morgan fingerprint density at radius 2 is 1.23 bits per heavy atom. The molecule has 4 unspecified atom stereocenters. The van der Waals surface area contributed by atoms with Crippen molar-refractivity contribution < 1.29 is 43.8 Å². The highest BCUT2D eigenvalue weighted by Crippen LogP contribution is 2.35. The van der Waals surface area contributed by atoms with Gasteiger partial charge in [0.1, 0.15) is 27.3 Å². The zero-order valence-electron chi connectivity index (χ0n) is 24.5. The SMILES string of the molecule is CCC1CCC(OS(=O)(=O)COC(C)[PH](=O)CCCCC[PH](=O)C(CC)OCS(=O)(=O)OC2CCCCC2)CC1. The van der Waals surface area contributed by atoms with E-state index in [0.717, 1.165) is 64.2 Å². The topological polar surface area (TPSA) is 139 Å². The van der Waals surface area contributed by atoms with Crippen molar-refractivity contribution in [1.82, 2.24) is 0 Å². The Bertz CT molecular complexity index is 975. The molecule has 0 aliphatic heterocycles. The Balaban J connectivity index is 1.59. The molecule has 10 nitrogen and oxygen atoms in total. The highest BCUT2D eigenvalue weighted by molar-refractivity contribution is 7.86. The zero-order chi connectivity index (χ0) is 29.6. The molecule has 0 aromatic rings. The molecule has 4 atom stereocenters. The molecule has 0 amide bonds. The van der Waals surface area contributed by atoms with Crippen molar-refractivity contribution in [1.29, 1.82) is 0 Å². The second kappa shape index (κ2) is 18.8. The molecule has 2 aliphatic carbocycles. The number of hydrogen-bond acceptors (Lipinski definition) is 10. The molecule has 0 aromatic carbocycles. The summed E-state index contributed by atoms with van der Waals surface area (Å²) in [7, 11) is -12.0. The van der Waals surface area contributed by atoms with Crippen LogP contribution in [0.4, 0.5) is 0 Å². The van der Waals surface area contributed by atoms with E-state index in [4.69, 9.17) is 17.8 Å². The van der Waals surface area contributed by atoms with E-state index in [1.807, 2.05) is 6.92 Å². The van der Waals surface area contributed by atoms with E-state index in [0.29, 0.717) is 43.9 Å². The van der Waals surface area contributed by atoms with E-state index in [1.54, 1.807) is 6.92 Å². The third kappa shape index (κ3) is 14.6. The van der Waals surface area contributed by atoms with Crippen molar-refractivity contribution in [2.45, 2.75) is 135 Å². The van der Waals surface area contributed by atoms with Crippen molar-refractivity contribution in [3.8, 4) is 0 Å². The van der Waals surface area contributed by atoms with Gasteiger partial charge in [0, 0.05) is 12.3 Å². The Kier molecular flexibility index (Phi) is 17.1. The molecule has 0 heterocycles. The molecular formula is C26H52O10P2S2. The standard InChI is InChI=1S/C26H52O10P2S2/c1-4-23-14-16-25(17-15-23)36-39(29,30)20-33-22(3)37(27)18-10-7-11-19-38(28)26(5-2)34-21-40(31,32)35-24-12-8-6-9-13-24/h22-26,37-38H,4-21H2,1-3H3. The molecule has 0 spiro atoms. The second-order valence-corrected chi connectivity index (χ2v) is 18.6. The molecular weight excluding hydrogens is 598 g/mol. The lowest BCUT2D eigenvalue weighted by Crippen LogP contribution is -2.27. The first-order valence-electron chi connectivity index (χ1n) is 15.0. The summed E-state index contributed by atoms with van der Waals surface area (Å²) >= 11 is 0. The van der Waals surface area contributed by atoms with Crippen molar-refractivity contribution in [3.63, 3.8) is 0 Å². The molecule has 40 heavy (non-hydrogen) atoms. The van der Waals surface area contributed by atoms with Crippen LogP contribution >= 0.6 is 15.6 Å². The minimum Gasteiger partial charge on any atom is -0.353 e. The molecule has 2 fully saturated rings. The number of unbranched alkanes of at least 4 members (excludes halogenated alkanes) is 2.